The Bertz CT molecular complexity index is 162. The van der Waals surface area contributed by atoms with Gasteiger partial charge < -0.3 is 0 Å². The van der Waals surface area contributed by atoms with Gasteiger partial charge in [0.2, 0.25) is 0 Å². The van der Waals surface area contributed by atoms with Gasteiger partial charge in [-0.05, 0) is 26.2 Å². The van der Waals surface area contributed by atoms with Crippen LogP contribution in [0.5, 0.6) is 0 Å². The normalized spacial score (nSPS) is 27.8. The van der Waals surface area contributed by atoms with E-state index in [0.717, 1.165) is 0 Å². The van der Waals surface area contributed by atoms with Gasteiger partial charge in [-0.25, -0.2) is 0 Å². The van der Waals surface area contributed by atoms with Crippen LogP contribution in [0.4, 0.5) is 0 Å². The molecule has 0 spiro atoms. The largest absolute Gasteiger partial charge is 0.133 e. The Morgan fingerprint density at radius 1 is 0.714 bits per heavy atom. The van der Waals surface area contributed by atoms with E-state index in [1.165, 1.54) is 64.2 Å². The Morgan fingerprint density at radius 3 is 1.71 bits per heavy atom. The summed E-state index contributed by atoms with van der Waals surface area (Å²) in [4.78, 5) is 0. The fourth-order valence-electron chi connectivity index (χ4n) is 2.27. The lowest BCUT2D eigenvalue weighted by Gasteiger charge is -2.10. The van der Waals surface area contributed by atoms with Crippen molar-refractivity contribution in [1.82, 2.24) is 0 Å². The quantitative estimate of drug-likeness (QED) is 0.512. The van der Waals surface area contributed by atoms with E-state index in [9.17, 15) is 0 Å². The summed E-state index contributed by atoms with van der Waals surface area (Å²) in [6, 6.07) is 0. The first-order chi connectivity index (χ1) is 6.80. The summed E-state index contributed by atoms with van der Waals surface area (Å²) in [5, 5.41) is 0. The van der Waals surface area contributed by atoms with Crippen molar-refractivity contribution in [3.63, 3.8) is 0 Å². The summed E-state index contributed by atoms with van der Waals surface area (Å²) in [5.74, 6) is 0. The van der Waals surface area contributed by atoms with E-state index in [1.54, 1.807) is 11.0 Å². The van der Waals surface area contributed by atoms with Crippen LogP contribution in [-0.4, -0.2) is 7.85 Å². The Kier molecular flexibility index (Phi) is 6.06. The predicted molar refractivity (Wildman–Crippen MR) is 67.4 cm³/mol. The molecule has 0 heterocycles. The first kappa shape index (κ1) is 11.9. The van der Waals surface area contributed by atoms with Gasteiger partial charge >= 0.3 is 0 Å². The van der Waals surface area contributed by atoms with Crippen LogP contribution in [0, 0.1) is 0 Å². The van der Waals surface area contributed by atoms with Crippen LogP contribution in [0.2, 0.25) is 0 Å². The molecule has 1 rings (SSSR count). The van der Waals surface area contributed by atoms with E-state index in [4.69, 9.17) is 0 Å². The Balaban J connectivity index is 2.37. The fraction of sp³-hybridized carbons (Fsp3) is 0.846. The van der Waals surface area contributed by atoms with Gasteiger partial charge in [-0.3, -0.25) is 0 Å². The van der Waals surface area contributed by atoms with Crippen molar-refractivity contribution in [3.8, 4) is 0 Å². The highest BCUT2D eigenvalue weighted by Crippen LogP contribution is 2.19. The number of hydrogen-bond acceptors (Lipinski definition) is 0. The maximum absolute atomic E-state index is 2.33. The monoisotopic (exact) mass is 192 g/mol. The third kappa shape index (κ3) is 4.88. The van der Waals surface area contributed by atoms with Gasteiger partial charge in [-0.1, -0.05) is 50.5 Å². The van der Waals surface area contributed by atoms with Crippen molar-refractivity contribution >= 4 is 7.85 Å². The highest BCUT2D eigenvalue weighted by molar-refractivity contribution is 6.21. The van der Waals surface area contributed by atoms with Crippen LogP contribution >= 0.6 is 0 Å². The summed E-state index contributed by atoms with van der Waals surface area (Å²) in [5.41, 5.74) is 3.34. The van der Waals surface area contributed by atoms with Crippen LogP contribution in [0.25, 0.3) is 0 Å². The van der Waals surface area contributed by atoms with Crippen molar-refractivity contribution in [2.75, 3.05) is 0 Å². The van der Waals surface area contributed by atoms with E-state index < -0.39 is 0 Å². The zero-order chi connectivity index (χ0) is 10.2. The lowest BCUT2D eigenvalue weighted by Crippen LogP contribution is -1.92. The van der Waals surface area contributed by atoms with Crippen molar-refractivity contribution in [1.29, 1.82) is 0 Å². The van der Waals surface area contributed by atoms with Gasteiger partial charge in [0.25, 0.3) is 0 Å². The predicted octanol–water partition coefficient (Wildman–Crippen LogP) is 3.81. The highest BCUT2D eigenvalue weighted by Gasteiger charge is 2.00. The second kappa shape index (κ2) is 7.14. The minimum Gasteiger partial charge on any atom is -0.111 e. The molecule has 0 amide bonds. The van der Waals surface area contributed by atoms with Gasteiger partial charge in [0.05, 0.1) is 0 Å². The van der Waals surface area contributed by atoms with Crippen molar-refractivity contribution in [2.24, 2.45) is 0 Å². The fourth-order valence-corrected chi connectivity index (χ4v) is 2.27. The molecule has 0 radical (unpaired) electrons. The van der Waals surface area contributed by atoms with Crippen LogP contribution in [0.3, 0.4) is 0 Å². The van der Waals surface area contributed by atoms with Gasteiger partial charge in [0.1, 0.15) is 7.85 Å². The second-order valence-corrected chi connectivity index (χ2v) is 4.89. The molecule has 0 aliphatic heterocycles. The average Bonchev–Trinajstić information content (AvgIpc) is 2.18. The maximum atomic E-state index is 2.33. The molecule has 0 N–H and O–H groups in total. The summed E-state index contributed by atoms with van der Waals surface area (Å²) in [6.07, 6.45) is 14.3. The molecule has 0 saturated heterocycles. The van der Waals surface area contributed by atoms with E-state index in [1.807, 2.05) is 0 Å². The molecule has 14 heavy (non-hydrogen) atoms. The first-order valence-electron chi connectivity index (χ1n) is 6.46. The summed E-state index contributed by atoms with van der Waals surface area (Å²) >= 11 is 0. The third-order valence-electron chi connectivity index (χ3n) is 3.58. The lowest BCUT2D eigenvalue weighted by molar-refractivity contribution is 0.561. The molecule has 0 saturated carbocycles. The number of allylic oxidation sites excluding steroid dienone is 2. The number of hydrogen-bond donors (Lipinski definition) is 0. The maximum Gasteiger partial charge on any atom is 0.133 e. The van der Waals surface area contributed by atoms with Crippen LogP contribution in [0.15, 0.2) is 11.0 Å². The molecular formula is C13H25B. The molecule has 0 atom stereocenters. The van der Waals surface area contributed by atoms with Gasteiger partial charge in [0.15, 0.2) is 0 Å². The summed E-state index contributed by atoms with van der Waals surface area (Å²) in [7, 11) is 2.33. The molecule has 80 valence electrons. The molecule has 1 heteroatoms. The molecule has 0 aromatic heterocycles. The minimum absolute atomic E-state index is 1.35. The highest BCUT2D eigenvalue weighted by atomic mass is 14.0. The first-order valence-corrected chi connectivity index (χ1v) is 6.46. The molecule has 1 aliphatic rings. The lowest BCUT2D eigenvalue weighted by atomic mass is 9.84. The molecular weight excluding hydrogens is 167 g/mol. The standard InChI is InChI=1S/C13H25B/c1-12-10-8-6-4-2-3-5-7-9-11-13(12)14/h2-11,14H2,1H3/b13-12+. The van der Waals surface area contributed by atoms with Crippen molar-refractivity contribution in [2.45, 2.75) is 71.1 Å². The summed E-state index contributed by atoms with van der Waals surface area (Å²) in [6.45, 7) is 2.33. The zero-order valence-electron chi connectivity index (χ0n) is 10.1. The van der Waals surface area contributed by atoms with Gasteiger partial charge in [0, 0.05) is 0 Å². The average molecular weight is 192 g/mol. The SMILES string of the molecule is B/C1=C(\C)CCCCCCCCCC1. The Labute approximate surface area is 90.6 Å². The Morgan fingerprint density at radius 2 is 1.14 bits per heavy atom. The smallest absolute Gasteiger partial charge is 0.111 e. The van der Waals surface area contributed by atoms with Gasteiger partial charge in [-0.15, -0.1) is 5.47 Å². The van der Waals surface area contributed by atoms with E-state index in [0.29, 0.717) is 0 Å². The van der Waals surface area contributed by atoms with E-state index in [2.05, 4.69) is 14.8 Å². The molecule has 0 fully saturated rings. The molecule has 0 aromatic rings. The minimum atomic E-state index is 1.35. The molecule has 0 bridgehead atoms. The molecule has 0 unspecified atom stereocenters. The van der Waals surface area contributed by atoms with Crippen LogP contribution < -0.4 is 0 Å². The molecule has 0 aromatic carbocycles. The van der Waals surface area contributed by atoms with Gasteiger partial charge in [-0.2, -0.15) is 0 Å². The Hall–Kier alpha value is -0.195. The third-order valence-corrected chi connectivity index (χ3v) is 3.58. The van der Waals surface area contributed by atoms with Crippen LogP contribution in [0.1, 0.15) is 71.1 Å². The molecule has 0 nitrogen and oxygen atoms in total. The van der Waals surface area contributed by atoms with Crippen molar-refractivity contribution in [3.05, 3.63) is 11.0 Å². The van der Waals surface area contributed by atoms with Crippen LogP contribution in [-0.2, 0) is 0 Å². The summed E-state index contributed by atoms with van der Waals surface area (Å²) < 4.78 is 0. The second-order valence-electron chi connectivity index (χ2n) is 4.89. The van der Waals surface area contributed by atoms with E-state index >= 15 is 0 Å². The van der Waals surface area contributed by atoms with E-state index in [-0.39, 0.29) is 0 Å². The zero-order valence-corrected chi connectivity index (χ0v) is 10.1. The molecule has 1 aliphatic carbocycles. The number of rotatable bonds is 0. The van der Waals surface area contributed by atoms with Crippen molar-refractivity contribution < 1.29 is 0 Å². The topological polar surface area (TPSA) is 0 Å².